The van der Waals surface area contributed by atoms with E-state index in [2.05, 4.69) is 31.1 Å². The average Bonchev–Trinajstić information content (AvgIpc) is 3.39. The van der Waals surface area contributed by atoms with E-state index in [1.54, 1.807) is 18.4 Å². The Labute approximate surface area is 150 Å². The Kier molecular flexibility index (Phi) is 4.27. The number of amides is 1. The summed E-state index contributed by atoms with van der Waals surface area (Å²) in [6, 6.07) is 13.3. The van der Waals surface area contributed by atoms with Crippen molar-refractivity contribution in [1.29, 1.82) is 0 Å². The molecule has 0 fully saturated rings. The molecular weight excluding hydrogens is 330 g/mol. The molecule has 3 heterocycles. The van der Waals surface area contributed by atoms with Crippen LogP contribution in [0, 0.1) is 0 Å². The highest BCUT2D eigenvalue weighted by molar-refractivity contribution is 5.93. The maximum atomic E-state index is 12.2. The van der Waals surface area contributed by atoms with E-state index in [4.69, 9.17) is 4.42 Å². The van der Waals surface area contributed by atoms with Gasteiger partial charge in [0.1, 0.15) is 11.5 Å². The minimum Gasteiger partial charge on any atom is -0.463 e. The second-order valence-electron chi connectivity index (χ2n) is 6.08. The lowest BCUT2D eigenvalue weighted by Gasteiger charge is -2.04. The van der Waals surface area contributed by atoms with Gasteiger partial charge in [0, 0.05) is 26.1 Å². The molecular formula is C19H19N5O2. The molecule has 7 heteroatoms. The zero-order valence-electron chi connectivity index (χ0n) is 14.4. The lowest BCUT2D eigenvalue weighted by Crippen LogP contribution is -2.25. The van der Waals surface area contributed by atoms with Gasteiger partial charge in [-0.15, -0.1) is 0 Å². The van der Waals surface area contributed by atoms with Crippen molar-refractivity contribution < 1.29 is 9.21 Å². The molecule has 1 aromatic carbocycles. The fourth-order valence-corrected chi connectivity index (χ4v) is 2.95. The molecule has 2 N–H and O–H groups in total. The van der Waals surface area contributed by atoms with Crippen LogP contribution in [-0.4, -0.2) is 32.2 Å². The number of furan rings is 1. The SMILES string of the molecule is Cn1c(CCCNC(=O)c2cc(-c3ccco3)[nH]n2)nc2ccccc21. The van der Waals surface area contributed by atoms with E-state index in [-0.39, 0.29) is 5.91 Å². The zero-order chi connectivity index (χ0) is 17.9. The first kappa shape index (κ1) is 16.1. The zero-order valence-corrected chi connectivity index (χ0v) is 14.4. The third-order valence-corrected chi connectivity index (χ3v) is 4.34. The number of fused-ring (bicyclic) bond motifs is 1. The summed E-state index contributed by atoms with van der Waals surface area (Å²) in [4.78, 5) is 16.8. The topological polar surface area (TPSA) is 88.7 Å². The molecule has 0 aliphatic heterocycles. The second kappa shape index (κ2) is 6.87. The monoisotopic (exact) mass is 349 g/mol. The fraction of sp³-hybridized carbons (Fsp3) is 0.211. The van der Waals surface area contributed by atoms with Crippen LogP contribution in [0.4, 0.5) is 0 Å². The molecule has 0 saturated carbocycles. The minimum absolute atomic E-state index is 0.205. The van der Waals surface area contributed by atoms with Crippen molar-refractivity contribution in [3.8, 4) is 11.5 Å². The van der Waals surface area contributed by atoms with Gasteiger partial charge in [0.15, 0.2) is 11.5 Å². The molecule has 0 radical (unpaired) electrons. The van der Waals surface area contributed by atoms with Crippen LogP contribution in [-0.2, 0) is 13.5 Å². The predicted molar refractivity (Wildman–Crippen MR) is 97.7 cm³/mol. The number of aryl methyl sites for hydroxylation is 2. The van der Waals surface area contributed by atoms with E-state index in [0.717, 1.165) is 29.7 Å². The van der Waals surface area contributed by atoms with Crippen LogP contribution in [0.5, 0.6) is 0 Å². The van der Waals surface area contributed by atoms with Gasteiger partial charge in [0.05, 0.1) is 17.3 Å². The molecule has 4 aromatic rings. The molecule has 0 bridgehead atoms. The van der Waals surface area contributed by atoms with Crippen molar-refractivity contribution in [1.82, 2.24) is 25.1 Å². The molecule has 0 spiro atoms. The third kappa shape index (κ3) is 3.11. The number of para-hydroxylation sites is 2. The van der Waals surface area contributed by atoms with Crippen LogP contribution in [0.3, 0.4) is 0 Å². The first-order valence-electron chi connectivity index (χ1n) is 8.50. The number of benzene rings is 1. The van der Waals surface area contributed by atoms with Gasteiger partial charge in [-0.25, -0.2) is 4.98 Å². The summed E-state index contributed by atoms with van der Waals surface area (Å²) in [6.07, 6.45) is 3.18. The van der Waals surface area contributed by atoms with E-state index in [0.29, 0.717) is 23.7 Å². The van der Waals surface area contributed by atoms with Gasteiger partial charge in [-0.2, -0.15) is 5.10 Å². The molecule has 0 saturated heterocycles. The summed E-state index contributed by atoms with van der Waals surface area (Å²) in [5.41, 5.74) is 3.14. The number of carbonyl (C=O) groups excluding carboxylic acids is 1. The molecule has 0 aliphatic rings. The van der Waals surface area contributed by atoms with Gasteiger partial charge < -0.3 is 14.3 Å². The van der Waals surface area contributed by atoms with Crippen LogP contribution in [0.15, 0.2) is 53.1 Å². The first-order valence-corrected chi connectivity index (χ1v) is 8.50. The average molecular weight is 349 g/mol. The smallest absolute Gasteiger partial charge is 0.271 e. The third-order valence-electron chi connectivity index (χ3n) is 4.34. The number of hydrogen-bond acceptors (Lipinski definition) is 4. The molecule has 1 amide bonds. The molecule has 0 atom stereocenters. The van der Waals surface area contributed by atoms with E-state index in [1.807, 2.05) is 31.3 Å². The van der Waals surface area contributed by atoms with Gasteiger partial charge in [-0.1, -0.05) is 12.1 Å². The normalized spacial score (nSPS) is 11.1. The summed E-state index contributed by atoms with van der Waals surface area (Å²) in [5.74, 6) is 1.46. The quantitative estimate of drug-likeness (QED) is 0.524. The Hall–Kier alpha value is -3.35. The summed E-state index contributed by atoms with van der Waals surface area (Å²) >= 11 is 0. The Morgan fingerprint density at radius 1 is 1.27 bits per heavy atom. The number of H-pyrrole nitrogens is 1. The largest absolute Gasteiger partial charge is 0.463 e. The molecule has 0 unspecified atom stereocenters. The second-order valence-corrected chi connectivity index (χ2v) is 6.08. The number of aromatic nitrogens is 4. The summed E-state index contributed by atoms with van der Waals surface area (Å²) in [5, 5.41) is 9.74. The highest BCUT2D eigenvalue weighted by Gasteiger charge is 2.12. The number of carbonyl (C=O) groups is 1. The maximum Gasteiger partial charge on any atom is 0.271 e. The molecule has 4 rings (SSSR count). The van der Waals surface area contributed by atoms with Gasteiger partial charge in [0.2, 0.25) is 0 Å². The lowest BCUT2D eigenvalue weighted by atomic mass is 10.2. The number of nitrogens with zero attached hydrogens (tertiary/aromatic N) is 3. The van der Waals surface area contributed by atoms with Crippen molar-refractivity contribution in [3.63, 3.8) is 0 Å². The molecule has 3 aromatic heterocycles. The molecule has 26 heavy (non-hydrogen) atoms. The maximum absolute atomic E-state index is 12.2. The number of imidazole rings is 1. The van der Waals surface area contributed by atoms with Gasteiger partial charge in [0.25, 0.3) is 5.91 Å². The van der Waals surface area contributed by atoms with Gasteiger partial charge in [-0.05, 0) is 30.7 Å². The predicted octanol–water partition coefficient (Wildman–Crippen LogP) is 2.92. The van der Waals surface area contributed by atoms with Crippen molar-refractivity contribution in [3.05, 3.63) is 60.2 Å². The van der Waals surface area contributed by atoms with Crippen LogP contribution in [0.25, 0.3) is 22.5 Å². The molecule has 132 valence electrons. The summed E-state index contributed by atoms with van der Waals surface area (Å²) in [7, 11) is 2.02. The Morgan fingerprint density at radius 3 is 2.96 bits per heavy atom. The fourth-order valence-electron chi connectivity index (χ4n) is 2.95. The minimum atomic E-state index is -0.205. The molecule has 0 aliphatic carbocycles. The number of hydrogen-bond donors (Lipinski definition) is 2. The van der Waals surface area contributed by atoms with Crippen molar-refractivity contribution >= 4 is 16.9 Å². The van der Waals surface area contributed by atoms with Crippen LogP contribution in [0.1, 0.15) is 22.7 Å². The number of aromatic amines is 1. The van der Waals surface area contributed by atoms with E-state index >= 15 is 0 Å². The van der Waals surface area contributed by atoms with E-state index in [1.165, 1.54) is 0 Å². The summed E-state index contributed by atoms with van der Waals surface area (Å²) < 4.78 is 7.38. The highest BCUT2D eigenvalue weighted by Crippen LogP contribution is 2.18. The van der Waals surface area contributed by atoms with Crippen LogP contribution >= 0.6 is 0 Å². The van der Waals surface area contributed by atoms with Crippen molar-refractivity contribution in [2.75, 3.05) is 6.54 Å². The molecule has 7 nitrogen and oxygen atoms in total. The number of nitrogens with one attached hydrogen (secondary N) is 2. The van der Waals surface area contributed by atoms with Crippen LogP contribution in [0.2, 0.25) is 0 Å². The van der Waals surface area contributed by atoms with Gasteiger partial charge >= 0.3 is 0 Å². The van der Waals surface area contributed by atoms with Gasteiger partial charge in [-0.3, -0.25) is 9.89 Å². The first-order chi connectivity index (χ1) is 12.7. The van der Waals surface area contributed by atoms with Crippen molar-refractivity contribution in [2.45, 2.75) is 12.8 Å². The van der Waals surface area contributed by atoms with Crippen molar-refractivity contribution in [2.24, 2.45) is 7.05 Å². The standard InChI is InChI=1S/C19H19N5O2/c1-24-16-7-3-2-6-13(16)21-18(24)9-4-10-20-19(25)15-12-14(22-23-15)17-8-5-11-26-17/h2-3,5-8,11-12H,4,9-10H2,1H3,(H,20,25)(H,22,23). The van der Waals surface area contributed by atoms with E-state index in [9.17, 15) is 4.79 Å². The number of rotatable bonds is 6. The lowest BCUT2D eigenvalue weighted by molar-refractivity contribution is 0.0948. The van der Waals surface area contributed by atoms with E-state index < -0.39 is 0 Å². The van der Waals surface area contributed by atoms with Crippen LogP contribution < -0.4 is 5.32 Å². The summed E-state index contributed by atoms with van der Waals surface area (Å²) in [6.45, 7) is 0.560. The highest BCUT2D eigenvalue weighted by atomic mass is 16.3. The Balaban J connectivity index is 1.32. The Bertz CT molecular complexity index is 1030. The Morgan fingerprint density at radius 2 is 2.15 bits per heavy atom.